The number of nitrogens with zero attached hydrogens (tertiary/aromatic N) is 1. The van der Waals surface area contributed by atoms with Crippen molar-refractivity contribution in [2.45, 2.75) is 38.6 Å². The number of halogens is 1. The van der Waals surface area contributed by atoms with E-state index in [9.17, 15) is 9.18 Å². The molecule has 1 atom stereocenters. The molecule has 1 heterocycles. The highest BCUT2D eigenvalue weighted by Gasteiger charge is 2.27. The van der Waals surface area contributed by atoms with Crippen LogP contribution in [-0.2, 0) is 16.0 Å². The summed E-state index contributed by atoms with van der Waals surface area (Å²) in [6, 6.07) is 11.9. The molecule has 1 aliphatic heterocycles. The van der Waals surface area contributed by atoms with Gasteiger partial charge in [0, 0.05) is 23.7 Å². The molecule has 1 amide bonds. The summed E-state index contributed by atoms with van der Waals surface area (Å²) < 4.78 is 24.5. The van der Waals surface area contributed by atoms with Gasteiger partial charge in [-0.15, -0.1) is 0 Å². The zero-order valence-corrected chi connectivity index (χ0v) is 20.5. The lowest BCUT2D eigenvalue weighted by Crippen LogP contribution is -2.44. The van der Waals surface area contributed by atoms with Crippen molar-refractivity contribution in [1.29, 1.82) is 0 Å². The highest BCUT2D eigenvalue weighted by molar-refractivity contribution is 6.27. The second-order valence-electron chi connectivity index (χ2n) is 8.22. The van der Waals surface area contributed by atoms with Gasteiger partial charge in [0.05, 0.1) is 7.11 Å². The van der Waals surface area contributed by atoms with E-state index in [0.29, 0.717) is 24.8 Å². The van der Waals surface area contributed by atoms with Crippen molar-refractivity contribution in [2.24, 2.45) is 0 Å². The van der Waals surface area contributed by atoms with E-state index in [1.54, 1.807) is 7.11 Å². The molecule has 0 aliphatic carbocycles. The van der Waals surface area contributed by atoms with Gasteiger partial charge in [0.15, 0.2) is 0 Å². The van der Waals surface area contributed by atoms with Crippen LogP contribution in [0, 0.1) is 5.82 Å². The number of benzene rings is 2. The average molecular weight is 505 g/mol. The summed E-state index contributed by atoms with van der Waals surface area (Å²) in [5.74, 6) is -2.34. The molecule has 9 nitrogen and oxygen atoms in total. The standard InChI is InChI=1S/C24H31FN2O3.C2H2O4/c1-3-14-27(20-16-21-22(29-2)7-6-8-23(21)30-17-20)15-5-4-13-26-24(28)18-9-11-19(25)12-10-18;3-1(4)2(5)6/h6-12,20H,3-5,13-17H2,1-2H3,(H,26,28);(H,3,4)(H,5,6). The lowest BCUT2D eigenvalue weighted by molar-refractivity contribution is -0.159. The molecule has 0 aromatic heterocycles. The van der Waals surface area contributed by atoms with Crippen molar-refractivity contribution < 1.29 is 38.5 Å². The summed E-state index contributed by atoms with van der Waals surface area (Å²) >= 11 is 0. The maximum Gasteiger partial charge on any atom is 0.414 e. The molecule has 0 fully saturated rings. The van der Waals surface area contributed by atoms with Crippen LogP contribution in [0.25, 0.3) is 0 Å². The first-order valence-electron chi connectivity index (χ1n) is 11.8. The van der Waals surface area contributed by atoms with Gasteiger partial charge in [-0.25, -0.2) is 14.0 Å². The van der Waals surface area contributed by atoms with E-state index in [1.165, 1.54) is 24.3 Å². The maximum absolute atomic E-state index is 13.0. The fraction of sp³-hybridized carbons (Fsp3) is 0.423. The Morgan fingerprint density at radius 3 is 2.39 bits per heavy atom. The molecular formula is C26H33FN2O7. The fourth-order valence-electron chi connectivity index (χ4n) is 3.90. The Labute approximate surface area is 209 Å². The molecule has 2 aromatic carbocycles. The van der Waals surface area contributed by atoms with Crippen LogP contribution in [-0.4, -0.2) is 72.4 Å². The largest absolute Gasteiger partial charge is 0.496 e. The van der Waals surface area contributed by atoms with Crippen LogP contribution in [0.2, 0.25) is 0 Å². The molecule has 1 unspecified atom stereocenters. The third kappa shape index (κ3) is 8.84. The molecule has 3 rings (SSSR count). The highest BCUT2D eigenvalue weighted by Crippen LogP contribution is 2.33. The van der Waals surface area contributed by atoms with E-state index in [2.05, 4.69) is 17.1 Å². The SMILES string of the molecule is CCCN(CCCCNC(=O)c1ccc(F)cc1)C1COc2cccc(OC)c2C1.O=C(O)C(=O)O. The van der Waals surface area contributed by atoms with Gasteiger partial charge >= 0.3 is 11.9 Å². The van der Waals surface area contributed by atoms with Gasteiger partial charge in [-0.3, -0.25) is 9.69 Å². The first-order valence-corrected chi connectivity index (χ1v) is 11.8. The molecule has 1 aliphatic rings. The molecule has 0 saturated heterocycles. The van der Waals surface area contributed by atoms with Crippen molar-refractivity contribution in [1.82, 2.24) is 10.2 Å². The number of fused-ring (bicyclic) bond motifs is 1. The Morgan fingerprint density at radius 2 is 1.78 bits per heavy atom. The fourth-order valence-corrected chi connectivity index (χ4v) is 3.90. The predicted octanol–water partition coefficient (Wildman–Crippen LogP) is 3.22. The molecule has 10 heteroatoms. The number of nitrogens with one attached hydrogen (secondary N) is 1. The van der Waals surface area contributed by atoms with Gasteiger partial charge in [-0.2, -0.15) is 0 Å². The van der Waals surface area contributed by atoms with Crippen molar-refractivity contribution >= 4 is 17.8 Å². The number of unbranched alkanes of at least 4 members (excludes halogenated alkanes) is 1. The Kier molecular flexibility index (Phi) is 11.6. The normalized spacial score (nSPS) is 14.1. The number of rotatable bonds is 10. The zero-order chi connectivity index (χ0) is 26.5. The lowest BCUT2D eigenvalue weighted by Gasteiger charge is -2.35. The third-order valence-electron chi connectivity index (χ3n) is 5.66. The number of methoxy groups -OCH3 is 1. The van der Waals surface area contributed by atoms with Crippen LogP contribution in [0.1, 0.15) is 42.1 Å². The number of amides is 1. The van der Waals surface area contributed by atoms with Crippen molar-refractivity contribution in [3.8, 4) is 11.5 Å². The van der Waals surface area contributed by atoms with Crippen LogP contribution >= 0.6 is 0 Å². The second kappa shape index (κ2) is 14.7. The molecule has 0 saturated carbocycles. The Morgan fingerprint density at radius 1 is 1.08 bits per heavy atom. The third-order valence-corrected chi connectivity index (χ3v) is 5.66. The van der Waals surface area contributed by atoms with E-state index in [0.717, 1.165) is 55.8 Å². The Hall–Kier alpha value is -3.66. The first kappa shape index (κ1) is 28.6. The Balaban J connectivity index is 0.000000678. The van der Waals surface area contributed by atoms with Crippen LogP contribution in [0.3, 0.4) is 0 Å². The summed E-state index contributed by atoms with van der Waals surface area (Å²) in [5.41, 5.74) is 1.62. The minimum atomic E-state index is -1.82. The lowest BCUT2D eigenvalue weighted by atomic mass is 10.00. The van der Waals surface area contributed by atoms with E-state index in [1.807, 2.05) is 18.2 Å². The van der Waals surface area contributed by atoms with E-state index >= 15 is 0 Å². The van der Waals surface area contributed by atoms with E-state index in [-0.39, 0.29) is 11.7 Å². The minimum absolute atomic E-state index is 0.162. The average Bonchev–Trinajstić information content (AvgIpc) is 2.87. The van der Waals surface area contributed by atoms with Gasteiger partial charge in [0.25, 0.3) is 5.91 Å². The summed E-state index contributed by atoms with van der Waals surface area (Å²) in [5, 5.41) is 17.7. The minimum Gasteiger partial charge on any atom is -0.496 e. The van der Waals surface area contributed by atoms with Crippen LogP contribution in [0.5, 0.6) is 11.5 Å². The molecule has 196 valence electrons. The van der Waals surface area contributed by atoms with Gasteiger partial charge in [0.2, 0.25) is 0 Å². The number of carboxylic acid groups (broad SMARTS) is 2. The van der Waals surface area contributed by atoms with Crippen molar-refractivity contribution in [3.63, 3.8) is 0 Å². The summed E-state index contributed by atoms with van der Waals surface area (Å²) in [6.07, 6.45) is 3.87. The topological polar surface area (TPSA) is 125 Å². The zero-order valence-electron chi connectivity index (χ0n) is 20.5. The predicted molar refractivity (Wildman–Crippen MR) is 131 cm³/mol. The molecule has 0 bridgehead atoms. The summed E-state index contributed by atoms with van der Waals surface area (Å²) in [7, 11) is 1.70. The molecule has 36 heavy (non-hydrogen) atoms. The number of hydrogen-bond acceptors (Lipinski definition) is 6. The van der Waals surface area contributed by atoms with E-state index < -0.39 is 11.9 Å². The Bertz CT molecular complexity index is 988. The number of ether oxygens (including phenoxy) is 2. The number of hydrogen-bond donors (Lipinski definition) is 3. The molecule has 0 spiro atoms. The molecule has 3 N–H and O–H groups in total. The monoisotopic (exact) mass is 504 g/mol. The first-order chi connectivity index (χ1) is 17.3. The number of carboxylic acids is 2. The highest BCUT2D eigenvalue weighted by atomic mass is 19.1. The van der Waals surface area contributed by atoms with Crippen LogP contribution in [0.4, 0.5) is 4.39 Å². The van der Waals surface area contributed by atoms with Gasteiger partial charge in [-0.05, 0) is 75.2 Å². The quantitative estimate of drug-likeness (QED) is 0.333. The molecular weight excluding hydrogens is 471 g/mol. The summed E-state index contributed by atoms with van der Waals surface area (Å²) in [6.45, 7) is 5.45. The van der Waals surface area contributed by atoms with Gasteiger partial charge in [-0.1, -0.05) is 13.0 Å². The smallest absolute Gasteiger partial charge is 0.414 e. The van der Waals surface area contributed by atoms with Crippen molar-refractivity contribution in [2.75, 3.05) is 33.4 Å². The van der Waals surface area contributed by atoms with Crippen LogP contribution in [0.15, 0.2) is 42.5 Å². The maximum atomic E-state index is 13.0. The van der Waals surface area contributed by atoms with E-state index in [4.69, 9.17) is 29.3 Å². The van der Waals surface area contributed by atoms with Crippen molar-refractivity contribution in [3.05, 3.63) is 59.4 Å². The van der Waals surface area contributed by atoms with Gasteiger partial charge < -0.3 is 25.0 Å². The molecule has 0 radical (unpaired) electrons. The number of carbonyl (C=O) groups is 3. The number of aliphatic carboxylic acids is 2. The number of carbonyl (C=O) groups excluding carboxylic acids is 1. The van der Waals surface area contributed by atoms with Crippen LogP contribution < -0.4 is 14.8 Å². The molecule has 2 aromatic rings. The second-order valence-corrected chi connectivity index (χ2v) is 8.22. The van der Waals surface area contributed by atoms with Gasteiger partial charge in [0.1, 0.15) is 23.9 Å². The summed E-state index contributed by atoms with van der Waals surface area (Å²) in [4.78, 5) is 32.8.